The van der Waals surface area contributed by atoms with Crippen molar-refractivity contribution in [1.29, 1.82) is 0 Å². The molecule has 13 heteroatoms. The third-order valence-electron chi connectivity index (χ3n) is 13.0. The van der Waals surface area contributed by atoms with Gasteiger partial charge in [0.15, 0.2) is 0 Å². The van der Waals surface area contributed by atoms with E-state index in [1.54, 1.807) is 29.4 Å². The number of hydrogen-bond donors (Lipinski definition) is 3. The topological polar surface area (TPSA) is 113 Å². The van der Waals surface area contributed by atoms with Crippen molar-refractivity contribution in [2.24, 2.45) is 23.7 Å². The number of urea groups is 1. The second kappa shape index (κ2) is 15.1. The van der Waals surface area contributed by atoms with E-state index in [2.05, 4.69) is 46.3 Å². The summed E-state index contributed by atoms with van der Waals surface area (Å²) >= 11 is 0. The quantitative estimate of drug-likeness (QED) is 0.410. The molecule has 6 fully saturated rings. The predicted molar refractivity (Wildman–Crippen MR) is 190 cm³/mol. The number of piperidine rings is 2. The van der Waals surface area contributed by atoms with Crippen LogP contribution in [0.25, 0.3) is 0 Å². The van der Waals surface area contributed by atoms with E-state index in [9.17, 15) is 14.4 Å². The van der Waals surface area contributed by atoms with E-state index < -0.39 is 42.7 Å². The summed E-state index contributed by atoms with van der Waals surface area (Å²) < 4.78 is 33.6. The first-order valence-electron chi connectivity index (χ1n) is 19.3. The molecule has 12 atom stereocenters. The van der Waals surface area contributed by atoms with Crippen LogP contribution in [0, 0.1) is 23.7 Å². The van der Waals surface area contributed by atoms with Crippen LogP contribution in [0.2, 0.25) is 0 Å². The van der Waals surface area contributed by atoms with E-state index in [-0.39, 0.29) is 60.1 Å². The smallest absolute Gasteiger partial charge is 0.320 e. The SMILES string of the molecule is C=CC(=O)N1CCN(C2NC(=O)N3C4NC(C(F)CC42)C2C(F)CCCC2N(C(=O)c2cccnc2)CCCC2CCNC(C(C)C)C23)[C@@H](C)C1. The first-order chi connectivity index (χ1) is 24.6. The molecule has 7 rings (SSSR count). The van der Waals surface area contributed by atoms with Crippen LogP contribution in [-0.4, -0.2) is 130 Å². The monoisotopic (exact) mass is 710 g/mol. The zero-order chi connectivity index (χ0) is 36.0. The van der Waals surface area contributed by atoms with Gasteiger partial charge in [0.25, 0.3) is 5.91 Å². The summed E-state index contributed by atoms with van der Waals surface area (Å²) in [6.45, 7) is 12.8. The van der Waals surface area contributed by atoms with Crippen LogP contribution in [-0.2, 0) is 4.79 Å². The predicted octanol–water partition coefficient (Wildman–Crippen LogP) is 3.54. The van der Waals surface area contributed by atoms with E-state index in [4.69, 9.17) is 0 Å². The van der Waals surface area contributed by atoms with Crippen LogP contribution in [0.4, 0.5) is 13.6 Å². The van der Waals surface area contributed by atoms with Gasteiger partial charge in [-0.2, -0.15) is 0 Å². The second-order valence-electron chi connectivity index (χ2n) is 16.2. The lowest BCUT2D eigenvalue weighted by atomic mass is 9.71. The van der Waals surface area contributed by atoms with Crippen LogP contribution >= 0.6 is 0 Å². The third kappa shape index (κ3) is 6.78. The molecule has 5 aliphatic heterocycles. The van der Waals surface area contributed by atoms with Crippen molar-refractivity contribution in [3.05, 3.63) is 42.7 Å². The first kappa shape index (κ1) is 36.2. The molecular formula is C38H56F2N8O3. The molecule has 280 valence electrons. The molecule has 11 nitrogen and oxygen atoms in total. The minimum Gasteiger partial charge on any atom is -0.336 e. The summed E-state index contributed by atoms with van der Waals surface area (Å²) in [6.07, 6.45) is 4.89. The van der Waals surface area contributed by atoms with Gasteiger partial charge in [-0.15, -0.1) is 0 Å². The Morgan fingerprint density at radius 2 is 1.88 bits per heavy atom. The number of pyridine rings is 1. The fraction of sp³-hybridized carbons (Fsp3) is 0.737. The molecule has 4 amide bonds. The van der Waals surface area contributed by atoms with Crippen molar-refractivity contribution in [2.75, 3.05) is 32.7 Å². The normalized spacial score (nSPS) is 39.2. The second-order valence-corrected chi connectivity index (χ2v) is 16.2. The van der Waals surface area contributed by atoms with Crippen molar-refractivity contribution < 1.29 is 23.2 Å². The zero-order valence-corrected chi connectivity index (χ0v) is 30.3. The number of nitrogens with zero attached hydrogens (tertiary/aromatic N) is 5. The number of amides is 4. The van der Waals surface area contributed by atoms with Gasteiger partial charge in [-0.3, -0.25) is 24.8 Å². The van der Waals surface area contributed by atoms with Gasteiger partial charge in [0.05, 0.1) is 23.9 Å². The lowest BCUT2D eigenvalue weighted by Crippen LogP contribution is -2.80. The fourth-order valence-corrected chi connectivity index (χ4v) is 10.6. The van der Waals surface area contributed by atoms with Crippen LogP contribution in [0.15, 0.2) is 37.2 Å². The molecule has 1 aromatic rings. The maximum Gasteiger partial charge on any atom is 0.320 e. The van der Waals surface area contributed by atoms with Gasteiger partial charge in [-0.05, 0) is 88.5 Å². The Balaban J connectivity index is 1.29. The summed E-state index contributed by atoms with van der Waals surface area (Å²) in [4.78, 5) is 53.4. The fourth-order valence-electron chi connectivity index (χ4n) is 10.6. The number of alkyl halides is 2. The molecule has 0 aromatic carbocycles. The average molecular weight is 711 g/mol. The third-order valence-corrected chi connectivity index (χ3v) is 13.0. The number of hydrogen-bond acceptors (Lipinski definition) is 7. The lowest BCUT2D eigenvalue weighted by Gasteiger charge is -2.60. The molecular weight excluding hydrogens is 654 g/mol. The highest BCUT2D eigenvalue weighted by molar-refractivity contribution is 5.94. The van der Waals surface area contributed by atoms with Crippen molar-refractivity contribution in [3.8, 4) is 0 Å². The molecule has 6 aliphatic rings. The Labute approximate surface area is 300 Å². The van der Waals surface area contributed by atoms with Gasteiger partial charge in [0, 0.05) is 74.6 Å². The van der Waals surface area contributed by atoms with E-state index in [0.29, 0.717) is 57.4 Å². The molecule has 5 saturated heterocycles. The summed E-state index contributed by atoms with van der Waals surface area (Å²) in [5.41, 5.74) is 0.458. The van der Waals surface area contributed by atoms with Gasteiger partial charge in [-0.25, -0.2) is 13.6 Å². The Hall–Kier alpha value is -3.16. The maximum atomic E-state index is 17.1. The maximum absolute atomic E-state index is 17.1. The van der Waals surface area contributed by atoms with Gasteiger partial charge < -0.3 is 25.3 Å². The molecule has 0 radical (unpaired) electrons. The molecule has 11 unspecified atom stereocenters. The number of nitrogens with one attached hydrogen (secondary N) is 3. The number of rotatable bonds is 4. The van der Waals surface area contributed by atoms with Crippen LogP contribution in [0.1, 0.15) is 76.1 Å². The van der Waals surface area contributed by atoms with Crippen molar-refractivity contribution in [2.45, 2.75) is 121 Å². The molecule has 2 bridgehead atoms. The van der Waals surface area contributed by atoms with Crippen molar-refractivity contribution >= 4 is 17.8 Å². The number of carbonyl (C=O) groups excluding carboxylic acids is 3. The molecule has 51 heavy (non-hydrogen) atoms. The highest BCUT2D eigenvalue weighted by atomic mass is 19.1. The molecule has 6 heterocycles. The average Bonchev–Trinajstić information content (AvgIpc) is 3.12. The highest BCUT2D eigenvalue weighted by Crippen LogP contribution is 2.44. The number of aromatic nitrogens is 1. The standard InChI is InChI=1S/C38H56F2N8O3/c1-5-30(49)45-17-18-46(23(4)21-45)35-26-19-28(40)33-31-27(39)11-6-12-29(31)47(37(50)25-9-7-14-41-20-25)16-8-10-24-13-15-42-32(22(2)3)34(24)48(36(26)43-33)38(51)44-35/h5,7,9,14,20,22-24,26-29,31-36,42-43H,1,6,8,10-13,15-19,21H2,2-4H3,(H,44,51)/t23-,24?,26?,27?,28?,29?,31?,32?,33?,34?,35?,36?/m0/s1. The Morgan fingerprint density at radius 3 is 2.61 bits per heavy atom. The summed E-state index contributed by atoms with van der Waals surface area (Å²) in [5.74, 6) is -1.03. The van der Waals surface area contributed by atoms with E-state index in [1.807, 2.05) is 16.7 Å². The number of fused-ring (bicyclic) bond motifs is 5. The van der Waals surface area contributed by atoms with Crippen molar-refractivity contribution in [3.63, 3.8) is 0 Å². The highest BCUT2D eigenvalue weighted by Gasteiger charge is 2.58. The van der Waals surface area contributed by atoms with Crippen LogP contribution in [0.3, 0.4) is 0 Å². The van der Waals surface area contributed by atoms with Gasteiger partial charge in [0.2, 0.25) is 5.91 Å². The number of piperazine rings is 1. The molecule has 3 N–H and O–H groups in total. The molecule has 1 aliphatic carbocycles. The Bertz CT molecular complexity index is 1440. The summed E-state index contributed by atoms with van der Waals surface area (Å²) in [6, 6.07) is 1.68. The Morgan fingerprint density at radius 1 is 1.06 bits per heavy atom. The van der Waals surface area contributed by atoms with Gasteiger partial charge in [0.1, 0.15) is 12.3 Å². The summed E-state index contributed by atoms with van der Waals surface area (Å²) in [5, 5.41) is 10.7. The van der Waals surface area contributed by atoms with Crippen LogP contribution in [0.5, 0.6) is 0 Å². The van der Waals surface area contributed by atoms with Crippen LogP contribution < -0.4 is 16.0 Å². The Kier molecular flexibility index (Phi) is 10.7. The van der Waals surface area contributed by atoms with E-state index >= 15 is 8.78 Å². The number of carbonyl (C=O) groups is 3. The molecule has 1 aromatic heterocycles. The minimum absolute atomic E-state index is 0.00913. The molecule has 1 saturated carbocycles. The summed E-state index contributed by atoms with van der Waals surface area (Å²) in [7, 11) is 0. The van der Waals surface area contributed by atoms with E-state index in [0.717, 1.165) is 19.4 Å². The minimum atomic E-state index is -1.40. The lowest BCUT2D eigenvalue weighted by molar-refractivity contribution is -0.132. The largest absolute Gasteiger partial charge is 0.336 e. The first-order valence-corrected chi connectivity index (χ1v) is 19.3. The molecule has 0 spiro atoms. The van der Waals surface area contributed by atoms with Gasteiger partial charge in [-0.1, -0.05) is 20.4 Å². The number of halogens is 2. The van der Waals surface area contributed by atoms with Crippen molar-refractivity contribution in [1.82, 2.24) is 40.5 Å². The zero-order valence-electron chi connectivity index (χ0n) is 30.3. The van der Waals surface area contributed by atoms with E-state index in [1.165, 1.54) is 6.08 Å². The van der Waals surface area contributed by atoms with Gasteiger partial charge >= 0.3 is 6.03 Å².